The number of H-pyrrole nitrogens is 2. The summed E-state index contributed by atoms with van der Waals surface area (Å²) in [5, 5.41) is 9.39. The van der Waals surface area contributed by atoms with Crippen LogP contribution in [0.25, 0.3) is 28.5 Å². The highest BCUT2D eigenvalue weighted by atomic mass is 16.1. The number of rotatable bonds is 5. The number of nitrogens with one attached hydrogen (secondary N) is 2. The second-order valence-electron chi connectivity index (χ2n) is 10.1. The number of hydrogen-bond acceptors (Lipinski definition) is 4. The van der Waals surface area contributed by atoms with Gasteiger partial charge >= 0.3 is 5.69 Å². The first kappa shape index (κ1) is 24.7. The van der Waals surface area contributed by atoms with Gasteiger partial charge in [-0.25, -0.2) is 4.79 Å². The molecule has 2 aliphatic rings. The van der Waals surface area contributed by atoms with Gasteiger partial charge < -0.3 is 9.97 Å². The second kappa shape index (κ2) is 10.6. The molecule has 194 valence electrons. The monoisotopic (exact) mass is 515 g/mol. The Kier molecular flexibility index (Phi) is 6.70. The van der Waals surface area contributed by atoms with Crippen LogP contribution in [0.1, 0.15) is 41.4 Å². The maximum Gasteiger partial charge on any atom is 0.326 e. The van der Waals surface area contributed by atoms with Gasteiger partial charge in [-0.1, -0.05) is 72.8 Å². The molecule has 1 saturated heterocycles. The Bertz CT molecular complexity index is 1710. The predicted octanol–water partition coefficient (Wildman–Crippen LogP) is 5.03. The Balaban J connectivity index is 1.17. The summed E-state index contributed by atoms with van der Waals surface area (Å²) in [6.45, 7) is 2.67. The first-order valence-corrected chi connectivity index (χ1v) is 13.3. The van der Waals surface area contributed by atoms with Gasteiger partial charge in [0.2, 0.25) is 0 Å². The maximum atomic E-state index is 12.7. The van der Waals surface area contributed by atoms with E-state index in [0.717, 1.165) is 67.0 Å². The number of aromatic nitrogens is 3. The van der Waals surface area contributed by atoms with Crippen LogP contribution in [0, 0.1) is 11.3 Å². The predicted molar refractivity (Wildman–Crippen MR) is 153 cm³/mol. The molecule has 0 atom stereocenters. The average molecular weight is 516 g/mol. The van der Waals surface area contributed by atoms with Crippen LogP contribution in [-0.2, 0) is 13.0 Å². The number of nitrogens with zero attached hydrogens (tertiary/aromatic N) is 3. The van der Waals surface area contributed by atoms with E-state index in [2.05, 4.69) is 33.1 Å². The van der Waals surface area contributed by atoms with Gasteiger partial charge in [0, 0.05) is 37.7 Å². The maximum absolute atomic E-state index is 12.7. The Morgan fingerprint density at radius 1 is 0.923 bits per heavy atom. The fraction of sp³-hybridized carbons (Fsp3) is 0.219. The lowest BCUT2D eigenvalue weighted by Gasteiger charge is -2.33. The van der Waals surface area contributed by atoms with Crippen molar-refractivity contribution in [1.29, 1.82) is 5.26 Å². The van der Waals surface area contributed by atoms with Crippen LogP contribution < -0.4 is 11.2 Å². The molecule has 1 fully saturated rings. The Morgan fingerprint density at radius 2 is 1.69 bits per heavy atom. The summed E-state index contributed by atoms with van der Waals surface area (Å²) in [6, 6.07) is 21.9. The van der Waals surface area contributed by atoms with Gasteiger partial charge in [-0.2, -0.15) is 5.26 Å². The molecular formula is C32H29N5O2. The van der Waals surface area contributed by atoms with Gasteiger partial charge in [0.25, 0.3) is 5.56 Å². The van der Waals surface area contributed by atoms with Gasteiger partial charge in [-0.15, -0.1) is 0 Å². The number of hydrogen-bond donors (Lipinski definition) is 2. The number of piperidine rings is 1. The number of imidazole rings is 1. The summed E-state index contributed by atoms with van der Waals surface area (Å²) in [5.41, 5.74) is 6.27. The highest BCUT2D eigenvalue weighted by Crippen LogP contribution is 2.31. The zero-order valence-electron chi connectivity index (χ0n) is 21.6. The third-order valence-electron chi connectivity index (χ3n) is 7.70. The lowest BCUT2D eigenvalue weighted by atomic mass is 9.97. The summed E-state index contributed by atoms with van der Waals surface area (Å²) in [4.78, 5) is 33.6. The fourth-order valence-electron chi connectivity index (χ4n) is 5.70. The molecule has 0 spiro atoms. The van der Waals surface area contributed by atoms with Crippen molar-refractivity contribution in [3.8, 4) is 28.5 Å². The first-order chi connectivity index (χ1) is 19.1. The van der Waals surface area contributed by atoms with Gasteiger partial charge in [-0.05, 0) is 41.7 Å². The molecule has 1 aliphatic carbocycles. The van der Waals surface area contributed by atoms with Gasteiger partial charge in [0.15, 0.2) is 0 Å². The molecule has 2 aromatic heterocycles. The summed E-state index contributed by atoms with van der Waals surface area (Å²) in [7, 11) is 0. The van der Waals surface area contributed by atoms with Crippen molar-refractivity contribution < 1.29 is 0 Å². The van der Waals surface area contributed by atoms with E-state index in [1.807, 2.05) is 71.3 Å². The van der Waals surface area contributed by atoms with Crippen molar-refractivity contribution in [3.05, 3.63) is 122 Å². The number of benzene rings is 2. The van der Waals surface area contributed by atoms with E-state index < -0.39 is 0 Å². The van der Waals surface area contributed by atoms with E-state index in [-0.39, 0.29) is 22.9 Å². The number of allylic oxidation sites excluding steroid dienone is 3. The molecule has 1 aliphatic heterocycles. The standard InChI is InChI=1S/C32H29N5O2/c33-20-25-19-27(23-7-3-1-4-8-23)30(35-31(25)38)24-13-11-22(12-14-24)21-36-17-15-26(16-18-36)37-29-10-6-2-5-9-28(29)34-32(37)39/h1-9,11-14,19,26H,10,15-18,21H2,(H,34,39)(H,35,38). The zero-order valence-corrected chi connectivity index (χ0v) is 21.6. The molecule has 0 unspecified atom stereocenters. The molecule has 4 aromatic rings. The summed E-state index contributed by atoms with van der Waals surface area (Å²) in [6.07, 6.45) is 10.7. The molecular weight excluding hydrogens is 486 g/mol. The molecule has 0 saturated carbocycles. The van der Waals surface area contributed by atoms with Crippen LogP contribution in [-0.4, -0.2) is 32.5 Å². The first-order valence-electron chi connectivity index (χ1n) is 13.3. The molecule has 0 radical (unpaired) electrons. The molecule has 0 bridgehead atoms. The van der Waals surface area contributed by atoms with Crippen molar-refractivity contribution in [2.45, 2.75) is 31.8 Å². The summed E-state index contributed by atoms with van der Waals surface area (Å²) < 4.78 is 1.98. The van der Waals surface area contributed by atoms with Crippen LogP contribution >= 0.6 is 0 Å². The van der Waals surface area contributed by atoms with Gasteiger partial charge in [0.05, 0.1) is 17.1 Å². The van der Waals surface area contributed by atoms with Crippen LogP contribution in [0.15, 0.2) is 88.5 Å². The molecule has 0 amide bonds. The van der Waals surface area contributed by atoms with Gasteiger partial charge in [0.1, 0.15) is 11.6 Å². The zero-order chi connectivity index (χ0) is 26.8. The molecule has 2 aromatic carbocycles. The average Bonchev–Trinajstić information content (AvgIpc) is 3.11. The van der Waals surface area contributed by atoms with Crippen LogP contribution in [0.5, 0.6) is 0 Å². The van der Waals surface area contributed by atoms with Crippen molar-refractivity contribution in [1.82, 2.24) is 19.4 Å². The Labute approximate surface area is 226 Å². The van der Waals surface area contributed by atoms with Gasteiger partial charge in [-0.3, -0.25) is 14.3 Å². The largest absolute Gasteiger partial charge is 0.326 e. The minimum atomic E-state index is -0.385. The smallest absolute Gasteiger partial charge is 0.320 e. The number of pyridine rings is 1. The molecule has 3 heterocycles. The van der Waals surface area contributed by atoms with Crippen molar-refractivity contribution >= 4 is 6.08 Å². The third kappa shape index (κ3) is 4.95. The highest BCUT2D eigenvalue weighted by Gasteiger charge is 2.25. The number of likely N-dealkylation sites (tertiary alicyclic amines) is 1. The van der Waals surface area contributed by atoms with E-state index in [0.29, 0.717) is 5.69 Å². The summed E-state index contributed by atoms with van der Waals surface area (Å²) in [5.74, 6) is 0. The van der Waals surface area contributed by atoms with Crippen LogP contribution in [0.3, 0.4) is 0 Å². The molecule has 7 nitrogen and oxygen atoms in total. The van der Waals surface area contributed by atoms with Crippen molar-refractivity contribution in [3.63, 3.8) is 0 Å². The minimum Gasteiger partial charge on any atom is -0.320 e. The molecule has 2 N–H and O–H groups in total. The van der Waals surface area contributed by atoms with Crippen molar-refractivity contribution in [2.24, 2.45) is 0 Å². The fourth-order valence-corrected chi connectivity index (χ4v) is 5.70. The normalized spacial score (nSPS) is 15.6. The van der Waals surface area contributed by atoms with Crippen LogP contribution in [0.4, 0.5) is 0 Å². The summed E-state index contributed by atoms with van der Waals surface area (Å²) >= 11 is 0. The van der Waals surface area contributed by atoms with E-state index in [1.165, 1.54) is 5.56 Å². The molecule has 39 heavy (non-hydrogen) atoms. The molecule has 6 rings (SSSR count). The Hall–Kier alpha value is -4.67. The quantitative estimate of drug-likeness (QED) is 0.389. The van der Waals surface area contributed by atoms with E-state index >= 15 is 0 Å². The van der Waals surface area contributed by atoms with E-state index in [1.54, 1.807) is 6.07 Å². The second-order valence-corrected chi connectivity index (χ2v) is 10.1. The SMILES string of the molecule is N#Cc1cc(-c2ccccc2)c(-c2ccc(CN3CCC(n4c5c([nH]c4=O)C=CC=CC5)CC3)cc2)[nH]c1=O. The van der Waals surface area contributed by atoms with Crippen molar-refractivity contribution in [2.75, 3.05) is 13.1 Å². The number of aromatic amines is 2. The van der Waals surface area contributed by atoms with Crippen LogP contribution in [0.2, 0.25) is 0 Å². The topological polar surface area (TPSA) is 97.7 Å². The van der Waals surface area contributed by atoms with E-state index in [4.69, 9.17) is 0 Å². The molecule has 7 heteroatoms. The third-order valence-corrected chi connectivity index (χ3v) is 7.70. The number of nitriles is 1. The minimum absolute atomic E-state index is 0.00953. The van der Waals surface area contributed by atoms with E-state index in [9.17, 15) is 14.9 Å². The lowest BCUT2D eigenvalue weighted by Crippen LogP contribution is -2.37. The lowest BCUT2D eigenvalue weighted by molar-refractivity contribution is 0.177. The highest BCUT2D eigenvalue weighted by molar-refractivity contribution is 5.81. The Morgan fingerprint density at radius 3 is 2.44 bits per heavy atom. The number of fused-ring (bicyclic) bond motifs is 1.